The molecule has 3 N–H and O–H groups in total. The van der Waals surface area contributed by atoms with Crippen molar-refractivity contribution in [1.82, 2.24) is 0 Å². The van der Waals surface area contributed by atoms with Crippen LogP contribution in [0.4, 0.5) is 5.69 Å². The van der Waals surface area contributed by atoms with Crippen molar-refractivity contribution < 1.29 is 9.90 Å². The van der Waals surface area contributed by atoms with Crippen LogP contribution in [-0.2, 0) is 4.79 Å². The topological polar surface area (TPSA) is 66.6 Å². The molecule has 0 aliphatic rings. The normalized spacial score (nSPS) is 11.6. The Bertz CT molecular complexity index is 437. The Balaban J connectivity index is 2.92. The Morgan fingerprint density at radius 3 is 2.88 bits per heavy atom. The maximum Gasteiger partial charge on any atom is 0.244 e. The molecule has 17 heavy (non-hydrogen) atoms. The molecule has 0 aliphatic heterocycles. The molecule has 0 saturated heterocycles. The molecule has 0 aromatic heterocycles. The largest absolute Gasteiger partial charge is 0.508 e. The molecule has 1 aromatic rings. The number of benzene rings is 1. The average Bonchev–Trinajstić information content (AvgIpc) is 2.30. The van der Waals surface area contributed by atoms with Gasteiger partial charge in [-0.05, 0) is 19.1 Å². The second-order valence-electron chi connectivity index (χ2n) is 3.62. The first-order valence-electron chi connectivity index (χ1n) is 5.39. The van der Waals surface area contributed by atoms with E-state index in [1.165, 1.54) is 11.0 Å². The van der Waals surface area contributed by atoms with Crippen LogP contribution in [0.3, 0.4) is 0 Å². The number of anilines is 1. The highest BCUT2D eigenvalue weighted by atomic mass is 16.3. The van der Waals surface area contributed by atoms with Crippen molar-refractivity contribution in [2.75, 3.05) is 11.4 Å². The van der Waals surface area contributed by atoms with Crippen molar-refractivity contribution in [2.45, 2.75) is 19.4 Å². The molecule has 4 heteroatoms. The third-order valence-electron chi connectivity index (χ3n) is 2.38. The van der Waals surface area contributed by atoms with Crippen molar-refractivity contribution in [3.05, 3.63) is 24.3 Å². The predicted molar refractivity (Wildman–Crippen MR) is 67.6 cm³/mol. The molecule has 1 amide bonds. The smallest absolute Gasteiger partial charge is 0.244 e. The molecule has 4 nitrogen and oxygen atoms in total. The molecule has 1 rings (SSSR count). The molecule has 1 unspecified atom stereocenters. The van der Waals surface area contributed by atoms with Crippen molar-refractivity contribution in [3.63, 3.8) is 0 Å². The van der Waals surface area contributed by atoms with E-state index >= 15 is 0 Å². The lowest BCUT2D eigenvalue weighted by Gasteiger charge is -2.23. The van der Waals surface area contributed by atoms with Gasteiger partial charge in [-0.25, -0.2) is 0 Å². The summed E-state index contributed by atoms with van der Waals surface area (Å²) in [5, 5.41) is 9.38. The minimum atomic E-state index is -0.706. The maximum absolute atomic E-state index is 12.0. The number of likely N-dealkylation sites (N-methyl/N-ethyl adjacent to an activating group) is 1. The van der Waals surface area contributed by atoms with Gasteiger partial charge in [0.05, 0.1) is 6.04 Å². The van der Waals surface area contributed by atoms with Gasteiger partial charge in [0.25, 0.3) is 0 Å². The first-order valence-corrected chi connectivity index (χ1v) is 5.39. The monoisotopic (exact) mass is 232 g/mol. The van der Waals surface area contributed by atoms with E-state index in [2.05, 4.69) is 5.92 Å². The van der Waals surface area contributed by atoms with Crippen LogP contribution in [-0.4, -0.2) is 23.6 Å². The van der Waals surface area contributed by atoms with Gasteiger partial charge in [0, 0.05) is 24.7 Å². The van der Waals surface area contributed by atoms with E-state index < -0.39 is 6.04 Å². The van der Waals surface area contributed by atoms with Crippen molar-refractivity contribution in [1.29, 1.82) is 0 Å². The zero-order valence-corrected chi connectivity index (χ0v) is 9.76. The molecule has 0 aliphatic carbocycles. The highest BCUT2D eigenvalue weighted by Gasteiger charge is 2.20. The number of amides is 1. The van der Waals surface area contributed by atoms with Gasteiger partial charge in [0.1, 0.15) is 5.75 Å². The Morgan fingerprint density at radius 2 is 2.35 bits per heavy atom. The van der Waals surface area contributed by atoms with Gasteiger partial charge >= 0.3 is 0 Å². The number of aromatic hydroxyl groups is 1. The van der Waals surface area contributed by atoms with Gasteiger partial charge in [-0.1, -0.05) is 6.07 Å². The second kappa shape index (κ2) is 5.92. The predicted octanol–water partition coefficient (Wildman–Crippen LogP) is 1.10. The lowest BCUT2D eigenvalue weighted by molar-refractivity contribution is -0.119. The van der Waals surface area contributed by atoms with Crippen LogP contribution in [0.5, 0.6) is 5.75 Å². The third kappa shape index (κ3) is 3.23. The highest BCUT2D eigenvalue weighted by Crippen LogP contribution is 2.20. The number of rotatable bonds is 4. The van der Waals surface area contributed by atoms with E-state index in [-0.39, 0.29) is 18.1 Å². The number of hydrogen-bond acceptors (Lipinski definition) is 3. The number of phenols is 1. The minimum Gasteiger partial charge on any atom is -0.508 e. The number of terminal acetylenes is 1. The van der Waals surface area contributed by atoms with Crippen molar-refractivity contribution in [2.24, 2.45) is 5.73 Å². The lowest BCUT2D eigenvalue weighted by atomic mass is 10.1. The number of hydrogen-bond donors (Lipinski definition) is 2. The fraction of sp³-hybridized carbons (Fsp3) is 0.308. The van der Waals surface area contributed by atoms with Crippen LogP contribution in [0.25, 0.3) is 0 Å². The molecular weight excluding hydrogens is 216 g/mol. The van der Waals surface area contributed by atoms with Gasteiger partial charge in [0.2, 0.25) is 5.91 Å². The van der Waals surface area contributed by atoms with Crippen molar-refractivity contribution in [3.8, 4) is 18.1 Å². The van der Waals surface area contributed by atoms with E-state index in [0.717, 1.165) is 0 Å². The third-order valence-corrected chi connectivity index (χ3v) is 2.38. The summed E-state index contributed by atoms with van der Waals surface area (Å²) in [5.41, 5.74) is 6.30. The quantitative estimate of drug-likeness (QED) is 0.764. The van der Waals surface area contributed by atoms with Crippen molar-refractivity contribution >= 4 is 11.6 Å². The molecule has 0 bridgehead atoms. The summed E-state index contributed by atoms with van der Waals surface area (Å²) in [6, 6.07) is 5.77. The standard InChI is InChI=1S/C13H16N2O2/c1-3-6-12(14)13(17)15(4-2)10-7-5-8-11(16)9-10/h1,5,7-9,12,16H,4,6,14H2,2H3. The summed E-state index contributed by atoms with van der Waals surface area (Å²) < 4.78 is 0. The van der Waals surface area contributed by atoms with Gasteiger partial charge in [-0.2, -0.15) is 0 Å². The zero-order chi connectivity index (χ0) is 12.8. The summed E-state index contributed by atoms with van der Waals surface area (Å²) in [6.45, 7) is 2.31. The van der Waals surface area contributed by atoms with E-state index in [9.17, 15) is 9.90 Å². The Hall–Kier alpha value is -1.99. The Labute approximate surface area is 101 Å². The van der Waals surface area contributed by atoms with Crippen LogP contribution in [0.1, 0.15) is 13.3 Å². The minimum absolute atomic E-state index is 0.110. The van der Waals surface area contributed by atoms with Gasteiger partial charge in [0.15, 0.2) is 0 Å². The van der Waals surface area contributed by atoms with Crippen LogP contribution in [0.2, 0.25) is 0 Å². The molecule has 0 fully saturated rings. The SMILES string of the molecule is C#CCC(N)C(=O)N(CC)c1cccc(O)c1. The molecular formula is C13H16N2O2. The van der Waals surface area contributed by atoms with Crippen LogP contribution in [0.15, 0.2) is 24.3 Å². The summed E-state index contributed by atoms with van der Waals surface area (Å²) in [7, 11) is 0. The molecule has 0 saturated carbocycles. The molecule has 90 valence electrons. The lowest BCUT2D eigenvalue weighted by Crippen LogP contribution is -2.43. The highest BCUT2D eigenvalue weighted by molar-refractivity contribution is 5.97. The Kier molecular flexibility index (Phi) is 4.56. The van der Waals surface area contributed by atoms with E-state index in [4.69, 9.17) is 12.2 Å². The van der Waals surface area contributed by atoms with E-state index in [0.29, 0.717) is 12.2 Å². The van der Waals surface area contributed by atoms with Gasteiger partial charge in [-0.15, -0.1) is 12.3 Å². The zero-order valence-electron chi connectivity index (χ0n) is 9.76. The number of phenolic OH excluding ortho intramolecular Hbond substituents is 1. The first kappa shape index (κ1) is 13.1. The summed E-state index contributed by atoms with van der Waals surface area (Å²) in [5.74, 6) is 2.24. The summed E-state index contributed by atoms with van der Waals surface area (Å²) in [4.78, 5) is 13.5. The second-order valence-corrected chi connectivity index (χ2v) is 3.62. The van der Waals surface area contributed by atoms with E-state index in [1.807, 2.05) is 6.92 Å². The van der Waals surface area contributed by atoms with Crippen LogP contribution >= 0.6 is 0 Å². The van der Waals surface area contributed by atoms with Gasteiger partial charge < -0.3 is 15.7 Å². The molecule has 0 spiro atoms. The maximum atomic E-state index is 12.0. The Morgan fingerprint density at radius 1 is 1.65 bits per heavy atom. The first-order chi connectivity index (χ1) is 8.10. The molecule has 0 radical (unpaired) electrons. The fourth-order valence-corrected chi connectivity index (χ4v) is 1.54. The van der Waals surface area contributed by atoms with Gasteiger partial charge in [-0.3, -0.25) is 4.79 Å². The number of carbonyl (C=O) groups is 1. The average molecular weight is 232 g/mol. The summed E-state index contributed by atoms with van der Waals surface area (Å²) in [6.07, 6.45) is 5.33. The number of carbonyl (C=O) groups excluding carboxylic acids is 1. The summed E-state index contributed by atoms with van der Waals surface area (Å²) >= 11 is 0. The van der Waals surface area contributed by atoms with E-state index in [1.54, 1.807) is 18.2 Å². The molecule has 1 atom stereocenters. The van der Waals surface area contributed by atoms with Crippen LogP contribution in [0, 0.1) is 12.3 Å². The number of nitrogens with two attached hydrogens (primary N) is 1. The molecule has 0 heterocycles. The van der Waals surface area contributed by atoms with Crippen LogP contribution < -0.4 is 10.6 Å². The fourth-order valence-electron chi connectivity index (χ4n) is 1.54. The number of nitrogens with zero attached hydrogens (tertiary/aromatic N) is 1. The molecule has 1 aromatic carbocycles.